The molecule has 2 atom stereocenters. The Hall–Kier alpha value is -0.820. The largest absolute Gasteiger partial charge is 0.310 e. The number of hydrogen-bond donors (Lipinski definition) is 1. The predicted molar refractivity (Wildman–Crippen MR) is 58.2 cm³/mol. The SMILES string of the molecule is CNC12CCCC1Cc1ccccc12. The van der Waals surface area contributed by atoms with Crippen LogP contribution in [0, 0.1) is 5.92 Å². The Balaban J connectivity index is 2.15. The van der Waals surface area contributed by atoms with Crippen molar-refractivity contribution < 1.29 is 0 Å². The molecule has 1 fully saturated rings. The highest BCUT2D eigenvalue weighted by Gasteiger charge is 2.48. The van der Waals surface area contributed by atoms with Crippen LogP contribution in [0.3, 0.4) is 0 Å². The van der Waals surface area contributed by atoms with Gasteiger partial charge in [-0.05, 0) is 43.4 Å². The lowest BCUT2D eigenvalue weighted by molar-refractivity contribution is 0.292. The van der Waals surface area contributed by atoms with Crippen LogP contribution < -0.4 is 5.32 Å². The normalized spacial score (nSPS) is 34.2. The number of fused-ring (bicyclic) bond motifs is 3. The van der Waals surface area contributed by atoms with Gasteiger partial charge in [0.05, 0.1) is 0 Å². The summed E-state index contributed by atoms with van der Waals surface area (Å²) in [6.45, 7) is 0. The molecule has 1 aromatic carbocycles. The summed E-state index contributed by atoms with van der Waals surface area (Å²) in [5.41, 5.74) is 3.48. The van der Waals surface area contributed by atoms with Crippen LogP contribution in [0.15, 0.2) is 24.3 Å². The average Bonchev–Trinajstić information content (AvgIpc) is 2.73. The average molecular weight is 187 g/mol. The molecule has 2 aliphatic carbocycles. The Kier molecular flexibility index (Phi) is 1.72. The van der Waals surface area contributed by atoms with E-state index < -0.39 is 0 Å². The van der Waals surface area contributed by atoms with E-state index in [1.807, 2.05) is 0 Å². The third-order valence-electron chi connectivity index (χ3n) is 4.23. The molecule has 0 bridgehead atoms. The Morgan fingerprint density at radius 1 is 1.36 bits per heavy atom. The van der Waals surface area contributed by atoms with Gasteiger partial charge in [-0.1, -0.05) is 30.7 Å². The van der Waals surface area contributed by atoms with E-state index in [0.717, 1.165) is 5.92 Å². The van der Waals surface area contributed by atoms with Gasteiger partial charge in [-0.25, -0.2) is 0 Å². The third-order valence-corrected chi connectivity index (χ3v) is 4.23. The van der Waals surface area contributed by atoms with Crippen LogP contribution in [0.1, 0.15) is 30.4 Å². The summed E-state index contributed by atoms with van der Waals surface area (Å²) in [4.78, 5) is 0. The molecule has 2 aliphatic rings. The molecule has 1 nitrogen and oxygen atoms in total. The van der Waals surface area contributed by atoms with Gasteiger partial charge in [0.15, 0.2) is 0 Å². The topological polar surface area (TPSA) is 12.0 Å². The number of hydrogen-bond acceptors (Lipinski definition) is 1. The lowest BCUT2D eigenvalue weighted by Crippen LogP contribution is -2.40. The maximum Gasteiger partial charge on any atom is 0.0466 e. The van der Waals surface area contributed by atoms with Crippen molar-refractivity contribution in [1.29, 1.82) is 0 Å². The number of rotatable bonds is 1. The van der Waals surface area contributed by atoms with Crippen molar-refractivity contribution in [1.82, 2.24) is 5.32 Å². The Labute approximate surface area is 85.5 Å². The van der Waals surface area contributed by atoms with Crippen LogP contribution in [0.4, 0.5) is 0 Å². The fraction of sp³-hybridized carbons (Fsp3) is 0.538. The van der Waals surface area contributed by atoms with E-state index in [1.165, 1.54) is 25.7 Å². The quantitative estimate of drug-likeness (QED) is 0.712. The lowest BCUT2D eigenvalue weighted by atomic mass is 9.86. The predicted octanol–water partition coefficient (Wildman–Crippen LogP) is 2.46. The molecule has 0 spiro atoms. The molecule has 0 heterocycles. The van der Waals surface area contributed by atoms with E-state index in [2.05, 4.69) is 36.6 Å². The van der Waals surface area contributed by atoms with Gasteiger partial charge in [0.1, 0.15) is 0 Å². The number of benzene rings is 1. The molecule has 1 saturated carbocycles. The summed E-state index contributed by atoms with van der Waals surface area (Å²) in [5.74, 6) is 0.852. The molecule has 74 valence electrons. The van der Waals surface area contributed by atoms with Gasteiger partial charge in [0, 0.05) is 5.54 Å². The van der Waals surface area contributed by atoms with Crippen LogP contribution in [0.25, 0.3) is 0 Å². The van der Waals surface area contributed by atoms with Gasteiger partial charge >= 0.3 is 0 Å². The maximum absolute atomic E-state index is 3.60. The molecule has 0 radical (unpaired) electrons. The monoisotopic (exact) mass is 187 g/mol. The van der Waals surface area contributed by atoms with Gasteiger partial charge in [0.2, 0.25) is 0 Å². The van der Waals surface area contributed by atoms with Crippen LogP contribution in [-0.2, 0) is 12.0 Å². The second kappa shape index (κ2) is 2.83. The first-order valence-corrected chi connectivity index (χ1v) is 5.64. The molecule has 1 N–H and O–H groups in total. The minimum atomic E-state index is 0.330. The summed E-state index contributed by atoms with van der Waals surface area (Å²) in [6.07, 6.45) is 5.40. The Morgan fingerprint density at radius 2 is 2.21 bits per heavy atom. The number of nitrogens with one attached hydrogen (secondary N) is 1. The molecule has 0 aliphatic heterocycles. The molecule has 1 heteroatoms. The van der Waals surface area contributed by atoms with Gasteiger partial charge in [-0.2, -0.15) is 0 Å². The van der Waals surface area contributed by atoms with Gasteiger partial charge < -0.3 is 5.32 Å². The molecule has 0 aromatic heterocycles. The molecule has 2 unspecified atom stereocenters. The van der Waals surface area contributed by atoms with Crippen molar-refractivity contribution in [2.75, 3.05) is 7.05 Å². The molecule has 14 heavy (non-hydrogen) atoms. The van der Waals surface area contributed by atoms with Crippen molar-refractivity contribution in [3.63, 3.8) is 0 Å². The second-order valence-electron chi connectivity index (χ2n) is 4.67. The van der Waals surface area contributed by atoms with Crippen molar-refractivity contribution in [2.24, 2.45) is 5.92 Å². The zero-order valence-electron chi connectivity index (χ0n) is 8.72. The van der Waals surface area contributed by atoms with Crippen LogP contribution in [0.2, 0.25) is 0 Å². The van der Waals surface area contributed by atoms with Crippen molar-refractivity contribution in [2.45, 2.75) is 31.2 Å². The van der Waals surface area contributed by atoms with E-state index in [1.54, 1.807) is 11.1 Å². The first-order valence-electron chi connectivity index (χ1n) is 5.64. The second-order valence-corrected chi connectivity index (χ2v) is 4.67. The minimum absolute atomic E-state index is 0.330. The van der Waals surface area contributed by atoms with E-state index in [-0.39, 0.29) is 0 Å². The summed E-state index contributed by atoms with van der Waals surface area (Å²) in [5, 5.41) is 3.60. The first kappa shape index (κ1) is 8.49. The Morgan fingerprint density at radius 3 is 3.07 bits per heavy atom. The zero-order chi connectivity index (χ0) is 9.60. The smallest absolute Gasteiger partial charge is 0.0466 e. The van der Waals surface area contributed by atoms with E-state index in [9.17, 15) is 0 Å². The summed E-state index contributed by atoms with van der Waals surface area (Å²) >= 11 is 0. The zero-order valence-corrected chi connectivity index (χ0v) is 8.72. The van der Waals surface area contributed by atoms with Crippen molar-refractivity contribution in [3.05, 3.63) is 35.4 Å². The first-order chi connectivity index (χ1) is 6.87. The molecular formula is C13H17N. The van der Waals surface area contributed by atoms with Gasteiger partial charge in [-0.15, -0.1) is 0 Å². The maximum atomic E-state index is 3.60. The van der Waals surface area contributed by atoms with Crippen LogP contribution in [0.5, 0.6) is 0 Å². The Bertz CT molecular complexity index is 358. The van der Waals surface area contributed by atoms with Crippen molar-refractivity contribution in [3.8, 4) is 0 Å². The van der Waals surface area contributed by atoms with Gasteiger partial charge in [0.25, 0.3) is 0 Å². The standard InChI is InChI=1S/C13H17N/c1-14-13-8-4-6-11(13)9-10-5-2-3-7-12(10)13/h2-3,5,7,11,14H,4,6,8-9H2,1H3. The lowest BCUT2D eigenvalue weighted by Gasteiger charge is -2.30. The highest BCUT2D eigenvalue weighted by molar-refractivity contribution is 5.41. The molecule has 1 aromatic rings. The minimum Gasteiger partial charge on any atom is -0.310 e. The summed E-state index contributed by atoms with van der Waals surface area (Å²) in [7, 11) is 2.13. The van der Waals surface area contributed by atoms with E-state index in [4.69, 9.17) is 0 Å². The van der Waals surface area contributed by atoms with Crippen molar-refractivity contribution >= 4 is 0 Å². The highest BCUT2D eigenvalue weighted by Crippen LogP contribution is 2.51. The molecule has 0 saturated heterocycles. The summed E-state index contributed by atoms with van der Waals surface area (Å²) < 4.78 is 0. The molecule has 3 rings (SSSR count). The van der Waals surface area contributed by atoms with E-state index in [0.29, 0.717) is 5.54 Å². The third kappa shape index (κ3) is 0.885. The fourth-order valence-electron chi connectivity index (χ4n) is 3.57. The highest BCUT2D eigenvalue weighted by atomic mass is 15.0. The van der Waals surface area contributed by atoms with Gasteiger partial charge in [-0.3, -0.25) is 0 Å². The fourth-order valence-corrected chi connectivity index (χ4v) is 3.57. The summed E-state index contributed by atoms with van der Waals surface area (Å²) in [6, 6.07) is 8.96. The van der Waals surface area contributed by atoms with E-state index >= 15 is 0 Å². The molecule has 0 amide bonds. The molecular weight excluding hydrogens is 170 g/mol. The van der Waals surface area contributed by atoms with Crippen LogP contribution >= 0.6 is 0 Å². The van der Waals surface area contributed by atoms with Crippen LogP contribution in [-0.4, -0.2) is 7.05 Å².